The zero-order valence-electron chi connectivity index (χ0n) is 12.6. The molecule has 2 aromatic heterocycles. The highest BCUT2D eigenvalue weighted by molar-refractivity contribution is 6.30. The lowest BCUT2D eigenvalue weighted by molar-refractivity contribution is 0.923. The summed E-state index contributed by atoms with van der Waals surface area (Å²) in [5.74, 6) is 0. The van der Waals surface area contributed by atoms with E-state index in [9.17, 15) is 0 Å². The molecule has 0 radical (unpaired) electrons. The number of H-pyrrole nitrogens is 1. The molecular weight excluding hydrogens is 280 g/mol. The molecule has 0 atom stereocenters. The standard InChI is InChI=1S/C18H19ClN2/c1-4-5-14-10-20-17(13-6-8-15(19)9-7-13)18-16(14)11(2)12(3)21-18/h6-10,21H,4-5H2,1-3H3. The quantitative estimate of drug-likeness (QED) is 0.684. The van der Waals surface area contributed by atoms with Crippen LogP contribution in [0.15, 0.2) is 30.5 Å². The second kappa shape index (κ2) is 5.53. The summed E-state index contributed by atoms with van der Waals surface area (Å²) in [6.07, 6.45) is 4.21. The van der Waals surface area contributed by atoms with Crippen molar-refractivity contribution in [1.29, 1.82) is 0 Å². The Morgan fingerprint density at radius 3 is 2.52 bits per heavy atom. The number of fused-ring (bicyclic) bond motifs is 1. The number of aromatic amines is 1. The lowest BCUT2D eigenvalue weighted by Gasteiger charge is -2.08. The summed E-state index contributed by atoms with van der Waals surface area (Å²) in [5.41, 5.74) is 7.09. The van der Waals surface area contributed by atoms with Crippen LogP contribution in [-0.2, 0) is 6.42 Å². The van der Waals surface area contributed by atoms with Crippen molar-refractivity contribution in [2.75, 3.05) is 0 Å². The number of aryl methyl sites for hydroxylation is 3. The molecule has 0 spiro atoms. The Labute approximate surface area is 130 Å². The predicted molar refractivity (Wildman–Crippen MR) is 90.0 cm³/mol. The molecule has 21 heavy (non-hydrogen) atoms. The van der Waals surface area contributed by atoms with Crippen LogP contribution in [0.2, 0.25) is 5.02 Å². The largest absolute Gasteiger partial charge is 0.357 e. The fourth-order valence-electron chi connectivity index (χ4n) is 2.85. The minimum absolute atomic E-state index is 0.747. The summed E-state index contributed by atoms with van der Waals surface area (Å²) in [5, 5.41) is 2.07. The van der Waals surface area contributed by atoms with Gasteiger partial charge in [-0.25, -0.2) is 0 Å². The molecule has 108 valence electrons. The summed E-state index contributed by atoms with van der Waals surface area (Å²) < 4.78 is 0. The molecular formula is C18H19ClN2. The van der Waals surface area contributed by atoms with Crippen LogP contribution >= 0.6 is 11.6 Å². The molecule has 0 bridgehead atoms. The summed E-state index contributed by atoms with van der Waals surface area (Å²) in [6.45, 7) is 6.50. The zero-order valence-corrected chi connectivity index (χ0v) is 13.4. The van der Waals surface area contributed by atoms with Gasteiger partial charge in [-0.1, -0.05) is 37.1 Å². The van der Waals surface area contributed by atoms with Crippen LogP contribution in [0.25, 0.3) is 22.2 Å². The van der Waals surface area contributed by atoms with E-state index in [1.807, 2.05) is 30.5 Å². The van der Waals surface area contributed by atoms with Crippen LogP contribution < -0.4 is 0 Å². The Hall–Kier alpha value is -1.80. The van der Waals surface area contributed by atoms with Gasteiger partial charge in [0.1, 0.15) is 0 Å². The molecule has 0 unspecified atom stereocenters. The minimum Gasteiger partial charge on any atom is -0.357 e. The van der Waals surface area contributed by atoms with Crippen LogP contribution in [0.4, 0.5) is 0 Å². The fraction of sp³-hybridized carbons (Fsp3) is 0.278. The monoisotopic (exact) mass is 298 g/mol. The number of aromatic nitrogens is 2. The molecule has 2 heterocycles. The lowest BCUT2D eigenvalue weighted by atomic mass is 10.0. The van der Waals surface area contributed by atoms with Gasteiger partial charge in [-0.2, -0.15) is 0 Å². The molecule has 0 fully saturated rings. The highest BCUT2D eigenvalue weighted by atomic mass is 35.5. The molecule has 1 aromatic carbocycles. The van der Waals surface area contributed by atoms with Crippen molar-refractivity contribution >= 4 is 22.5 Å². The number of pyridine rings is 1. The molecule has 3 rings (SSSR count). The van der Waals surface area contributed by atoms with Crippen LogP contribution in [0, 0.1) is 13.8 Å². The molecule has 0 aliphatic carbocycles. The number of halogens is 1. The molecule has 0 aliphatic heterocycles. The topological polar surface area (TPSA) is 28.7 Å². The number of rotatable bonds is 3. The number of hydrogen-bond acceptors (Lipinski definition) is 1. The van der Waals surface area contributed by atoms with Crippen molar-refractivity contribution in [3.63, 3.8) is 0 Å². The van der Waals surface area contributed by atoms with Crippen molar-refractivity contribution in [3.05, 3.63) is 52.3 Å². The SMILES string of the molecule is CCCc1cnc(-c2ccc(Cl)cc2)c2[nH]c(C)c(C)c12. The molecule has 1 N–H and O–H groups in total. The molecule has 3 aromatic rings. The molecule has 0 amide bonds. The van der Waals surface area contributed by atoms with Gasteiger partial charge in [0.25, 0.3) is 0 Å². The van der Waals surface area contributed by atoms with E-state index < -0.39 is 0 Å². The van der Waals surface area contributed by atoms with Crippen LogP contribution in [-0.4, -0.2) is 9.97 Å². The second-order valence-corrected chi connectivity index (χ2v) is 5.95. The second-order valence-electron chi connectivity index (χ2n) is 5.51. The van der Waals surface area contributed by atoms with Crippen LogP contribution in [0.5, 0.6) is 0 Å². The van der Waals surface area contributed by atoms with E-state index in [1.165, 1.54) is 22.2 Å². The van der Waals surface area contributed by atoms with E-state index in [0.717, 1.165) is 34.6 Å². The Bertz CT molecular complexity index is 785. The Balaban J connectivity index is 2.27. The highest BCUT2D eigenvalue weighted by Gasteiger charge is 2.14. The summed E-state index contributed by atoms with van der Waals surface area (Å²) in [4.78, 5) is 8.22. The van der Waals surface area contributed by atoms with Gasteiger partial charge in [-0.05, 0) is 43.5 Å². The third kappa shape index (κ3) is 2.44. The Morgan fingerprint density at radius 2 is 1.86 bits per heavy atom. The van der Waals surface area contributed by atoms with Gasteiger partial charge in [0.2, 0.25) is 0 Å². The third-order valence-electron chi connectivity index (χ3n) is 4.04. The number of nitrogens with one attached hydrogen (secondary N) is 1. The van der Waals surface area contributed by atoms with Crippen LogP contribution in [0.3, 0.4) is 0 Å². The molecule has 0 saturated heterocycles. The normalized spacial score (nSPS) is 11.2. The molecule has 2 nitrogen and oxygen atoms in total. The van der Waals surface area contributed by atoms with Gasteiger partial charge in [0, 0.05) is 27.9 Å². The van der Waals surface area contributed by atoms with Crippen molar-refractivity contribution in [1.82, 2.24) is 9.97 Å². The molecule has 0 saturated carbocycles. The lowest BCUT2D eigenvalue weighted by Crippen LogP contribution is -1.92. The maximum absolute atomic E-state index is 5.98. The van der Waals surface area contributed by atoms with E-state index in [2.05, 4.69) is 25.8 Å². The maximum Gasteiger partial charge on any atom is 0.0943 e. The van der Waals surface area contributed by atoms with Crippen molar-refractivity contribution in [3.8, 4) is 11.3 Å². The minimum atomic E-state index is 0.747. The first-order chi connectivity index (χ1) is 10.1. The first kappa shape index (κ1) is 14.2. The number of hydrogen-bond donors (Lipinski definition) is 1. The van der Waals surface area contributed by atoms with Gasteiger partial charge < -0.3 is 4.98 Å². The number of benzene rings is 1. The highest BCUT2D eigenvalue weighted by Crippen LogP contribution is 2.32. The number of nitrogens with zero attached hydrogens (tertiary/aromatic N) is 1. The van der Waals surface area contributed by atoms with Crippen molar-refractivity contribution in [2.24, 2.45) is 0 Å². The van der Waals surface area contributed by atoms with Crippen molar-refractivity contribution < 1.29 is 0 Å². The van der Waals surface area contributed by atoms with Gasteiger partial charge in [-0.3, -0.25) is 4.98 Å². The van der Waals surface area contributed by atoms with E-state index in [1.54, 1.807) is 0 Å². The molecule has 0 aliphatic rings. The van der Waals surface area contributed by atoms with Crippen LogP contribution in [0.1, 0.15) is 30.2 Å². The first-order valence-electron chi connectivity index (χ1n) is 7.34. The molecule has 3 heteroatoms. The summed E-state index contributed by atoms with van der Waals surface area (Å²) in [7, 11) is 0. The van der Waals surface area contributed by atoms with Gasteiger partial charge in [0.15, 0.2) is 0 Å². The third-order valence-corrected chi connectivity index (χ3v) is 4.30. The van der Waals surface area contributed by atoms with Crippen molar-refractivity contribution in [2.45, 2.75) is 33.6 Å². The fourth-order valence-corrected chi connectivity index (χ4v) is 2.98. The van der Waals surface area contributed by atoms with Gasteiger partial charge >= 0.3 is 0 Å². The van der Waals surface area contributed by atoms with E-state index in [-0.39, 0.29) is 0 Å². The Morgan fingerprint density at radius 1 is 1.14 bits per heavy atom. The average molecular weight is 299 g/mol. The zero-order chi connectivity index (χ0) is 15.0. The maximum atomic E-state index is 5.98. The smallest absolute Gasteiger partial charge is 0.0943 e. The first-order valence-corrected chi connectivity index (χ1v) is 7.72. The predicted octanol–water partition coefficient (Wildman–Crippen LogP) is 5.45. The van der Waals surface area contributed by atoms with E-state index in [4.69, 9.17) is 16.6 Å². The summed E-state index contributed by atoms with van der Waals surface area (Å²) in [6, 6.07) is 7.87. The van der Waals surface area contributed by atoms with Gasteiger partial charge in [-0.15, -0.1) is 0 Å². The van der Waals surface area contributed by atoms with Gasteiger partial charge in [0.05, 0.1) is 11.2 Å². The van der Waals surface area contributed by atoms with E-state index in [0.29, 0.717) is 0 Å². The summed E-state index contributed by atoms with van der Waals surface area (Å²) >= 11 is 5.98. The average Bonchev–Trinajstić information content (AvgIpc) is 2.77. The van der Waals surface area contributed by atoms with E-state index >= 15 is 0 Å². The Kier molecular flexibility index (Phi) is 3.73.